The van der Waals surface area contributed by atoms with Gasteiger partial charge in [-0.1, -0.05) is 0 Å². The summed E-state index contributed by atoms with van der Waals surface area (Å²) in [7, 11) is 1.48. The first-order valence-electron chi connectivity index (χ1n) is 6.26. The van der Waals surface area contributed by atoms with E-state index in [-0.39, 0.29) is 18.8 Å². The van der Waals surface area contributed by atoms with Crippen molar-refractivity contribution in [1.82, 2.24) is 15.2 Å². The number of hydrogen-bond donors (Lipinski definition) is 2. The molecule has 1 heterocycles. The summed E-state index contributed by atoms with van der Waals surface area (Å²) in [4.78, 5) is 38.7. The summed E-state index contributed by atoms with van der Waals surface area (Å²) < 4.78 is 4.74. The molecule has 2 N–H and O–H groups in total. The van der Waals surface area contributed by atoms with Crippen LogP contribution < -0.4 is 5.32 Å². The molecule has 0 fully saturated rings. The summed E-state index contributed by atoms with van der Waals surface area (Å²) in [5.41, 5.74) is 0.000700. The number of nitrogens with one attached hydrogen (secondary N) is 1. The molecule has 1 aromatic heterocycles. The van der Waals surface area contributed by atoms with Crippen molar-refractivity contribution in [1.29, 1.82) is 0 Å². The van der Waals surface area contributed by atoms with E-state index >= 15 is 0 Å². The number of likely N-dealkylation sites (N-methyl/N-ethyl adjacent to an activating group) is 1. The summed E-state index contributed by atoms with van der Waals surface area (Å²) in [5, 5.41) is 13.4. The van der Waals surface area contributed by atoms with Crippen molar-refractivity contribution in [2.24, 2.45) is 0 Å². The molecular weight excluding hydrogens is 298 g/mol. The van der Waals surface area contributed by atoms with Crippen LogP contribution in [-0.2, 0) is 16.0 Å². The number of thiazole rings is 1. The Balaban J connectivity index is 2.32. The van der Waals surface area contributed by atoms with Crippen molar-refractivity contribution in [2.75, 3.05) is 26.7 Å². The lowest BCUT2D eigenvalue weighted by Crippen LogP contribution is -2.41. The number of carboxylic acid groups (broad SMARTS) is 1. The minimum atomic E-state index is -1.07. The van der Waals surface area contributed by atoms with Crippen LogP contribution in [0.25, 0.3) is 0 Å². The van der Waals surface area contributed by atoms with E-state index in [2.05, 4.69) is 10.3 Å². The smallest absolute Gasteiger partial charge is 0.355 e. The monoisotopic (exact) mass is 315 g/mol. The molecule has 116 valence electrons. The Labute approximate surface area is 125 Å². The number of carbonyl (C=O) groups excluding carboxylic acids is 2. The van der Waals surface area contributed by atoms with Gasteiger partial charge in [-0.2, -0.15) is 0 Å². The quantitative estimate of drug-likeness (QED) is 0.713. The Morgan fingerprint density at radius 3 is 2.76 bits per heavy atom. The van der Waals surface area contributed by atoms with E-state index in [4.69, 9.17) is 9.84 Å². The van der Waals surface area contributed by atoms with Crippen LogP contribution in [0.5, 0.6) is 0 Å². The molecule has 0 bridgehead atoms. The number of hydrogen-bond acceptors (Lipinski definition) is 6. The van der Waals surface area contributed by atoms with Crippen molar-refractivity contribution in [3.63, 3.8) is 0 Å². The fourth-order valence-corrected chi connectivity index (χ4v) is 2.18. The average Bonchev–Trinajstić information content (AvgIpc) is 2.87. The van der Waals surface area contributed by atoms with Crippen LogP contribution in [0, 0.1) is 0 Å². The van der Waals surface area contributed by atoms with Gasteiger partial charge in [0.1, 0.15) is 6.54 Å². The Hall–Kier alpha value is -2.16. The second-order valence-corrected chi connectivity index (χ2v) is 5.02. The predicted octanol–water partition coefficient (Wildman–Crippen LogP) is 0.588. The number of aromatic nitrogens is 1. The molecule has 0 radical (unpaired) electrons. The number of ether oxygens (including phenoxy) is 1. The molecule has 9 heteroatoms. The third-order valence-electron chi connectivity index (χ3n) is 2.40. The van der Waals surface area contributed by atoms with Crippen molar-refractivity contribution < 1.29 is 24.2 Å². The molecule has 0 saturated carbocycles. The van der Waals surface area contributed by atoms with Crippen LogP contribution in [0.4, 0.5) is 4.79 Å². The first-order chi connectivity index (χ1) is 9.93. The first kappa shape index (κ1) is 16.9. The molecule has 0 aliphatic carbocycles. The van der Waals surface area contributed by atoms with Gasteiger partial charge >= 0.3 is 18.0 Å². The van der Waals surface area contributed by atoms with E-state index < -0.39 is 18.0 Å². The van der Waals surface area contributed by atoms with E-state index in [1.807, 2.05) is 0 Å². The van der Waals surface area contributed by atoms with Crippen LogP contribution in [0.15, 0.2) is 5.38 Å². The van der Waals surface area contributed by atoms with Crippen molar-refractivity contribution in [3.8, 4) is 0 Å². The molecule has 0 saturated heterocycles. The SMILES string of the molecule is CCOC(=O)CN(C)C(=O)NCCc1nc(C(=O)O)cs1. The molecule has 1 rings (SSSR count). The van der Waals surface area contributed by atoms with E-state index in [1.165, 1.54) is 28.7 Å². The minimum absolute atomic E-state index is 0.000700. The van der Waals surface area contributed by atoms with E-state index in [0.29, 0.717) is 18.0 Å². The number of amides is 2. The van der Waals surface area contributed by atoms with Crippen molar-refractivity contribution in [3.05, 3.63) is 16.1 Å². The Morgan fingerprint density at radius 1 is 1.48 bits per heavy atom. The average molecular weight is 315 g/mol. The number of carboxylic acids is 1. The lowest BCUT2D eigenvalue weighted by Gasteiger charge is -2.16. The molecular formula is C12H17N3O5S. The summed E-state index contributed by atoms with van der Waals surface area (Å²) >= 11 is 1.22. The van der Waals surface area contributed by atoms with Gasteiger partial charge in [-0.15, -0.1) is 11.3 Å². The van der Waals surface area contributed by atoms with Crippen LogP contribution >= 0.6 is 11.3 Å². The van der Waals surface area contributed by atoms with Gasteiger partial charge in [-0.25, -0.2) is 14.6 Å². The first-order valence-corrected chi connectivity index (χ1v) is 7.14. The lowest BCUT2D eigenvalue weighted by molar-refractivity contribution is -0.143. The van der Waals surface area contributed by atoms with Gasteiger partial charge < -0.3 is 20.1 Å². The van der Waals surface area contributed by atoms with Gasteiger partial charge in [0, 0.05) is 25.4 Å². The molecule has 21 heavy (non-hydrogen) atoms. The summed E-state index contributed by atoms with van der Waals surface area (Å²) in [6.07, 6.45) is 0.428. The topological polar surface area (TPSA) is 109 Å². The van der Waals surface area contributed by atoms with Gasteiger partial charge in [0.2, 0.25) is 0 Å². The number of rotatable bonds is 7. The van der Waals surface area contributed by atoms with Crippen LogP contribution in [0.3, 0.4) is 0 Å². The second kappa shape index (κ2) is 8.20. The molecule has 0 unspecified atom stereocenters. The molecule has 1 aromatic rings. The molecule has 0 aliphatic rings. The zero-order chi connectivity index (χ0) is 15.8. The highest BCUT2D eigenvalue weighted by Gasteiger charge is 2.13. The molecule has 0 atom stereocenters. The number of esters is 1. The standard InChI is InChI=1S/C12H17N3O5S/c1-3-20-10(16)6-15(2)12(19)13-5-4-9-14-8(7-21-9)11(17)18/h7H,3-6H2,1-2H3,(H,13,19)(H,17,18). The number of aromatic carboxylic acids is 1. The van der Waals surface area contributed by atoms with Crippen LogP contribution in [0.1, 0.15) is 22.4 Å². The number of carbonyl (C=O) groups is 3. The Kier molecular flexibility index (Phi) is 6.60. The number of urea groups is 1. The maximum Gasteiger partial charge on any atom is 0.355 e. The lowest BCUT2D eigenvalue weighted by atomic mass is 10.4. The van der Waals surface area contributed by atoms with E-state index in [1.54, 1.807) is 6.92 Å². The maximum absolute atomic E-state index is 11.7. The molecule has 0 spiro atoms. The third kappa shape index (κ3) is 5.78. The van der Waals surface area contributed by atoms with Gasteiger partial charge in [0.25, 0.3) is 0 Å². The largest absolute Gasteiger partial charge is 0.476 e. The second-order valence-electron chi connectivity index (χ2n) is 4.07. The van der Waals surface area contributed by atoms with Gasteiger partial charge in [0.15, 0.2) is 5.69 Å². The molecule has 0 aliphatic heterocycles. The van der Waals surface area contributed by atoms with Gasteiger partial charge in [-0.3, -0.25) is 4.79 Å². The highest BCUT2D eigenvalue weighted by atomic mass is 32.1. The maximum atomic E-state index is 11.7. The summed E-state index contributed by atoms with van der Waals surface area (Å²) in [5.74, 6) is -1.54. The summed E-state index contributed by atoms with van der Waals surface area (Å²) in [6, 6.07) is -0.405. The minimum Gasteiger partial charge on any atom is -0.476 e. The Morgan fingerprint density at radius 2 is 2.19 bits per heavy atom. The highest BCUT2D eigenvalue weighted by Crippen LogP contribution is 2.09. The zero-order valence-electron chi connectivity index (χ0n) is 11.8. The number of nitrogens with zero attached hydrogens (tertiary/aromatic N) is 2. The molecule has 2 amide bonds. The van der Waals surface area contributed by atoms with Gasteiger partial charge in [-0.05, 0) is 6.92 Å². The zero-order valence-corrected chi connectivity index (χ0v) is 12.6. The van der Waals surface area contributed by atoms with Gasteiger partial charge in [0.05, 0.1) is 11.6 Å². The molecule has 0 aromatic carbocycles. The normalized spacial score (nSPS) is 10.0. The highest BCUT2D eigenvalue weighted by molar-refractivity contribution is 7.09. The van der Waals surface area contributed by atoms with E-state index in [0.717, 1.165) is 0 Å². The summed E-state index contributed by atoms with van der Waals surface area (Å²) in [6.45, 7) is 2.14. The van der Waals surface area contributed by atoms with Crippen LogP contribution in [0.2, 0.25) is 0 Å². The molecule has 8 nitrogen and oxygen atoms in total. The van der Waals surface area contributed by atoms with Crippen LogP contribution in [-0.4, -0.2) is 59.7 Å². The van der Waals surface area contributed by atoms with Crippen molar-refractivity contribution >= 4 is 29.3 Å². The van der Waals surface area contributed by atoms with Crippen molar-refractivity contribution in [2.45, 2.75) is 13.3 Å². The Bertz CT molecular complexity index is 517. The fraction of sp³-hybridized carbons (Fsp3) is 0.500. The van der Waals surface area contributed by atoms with E-state index in [9.17, 15) is 14.4 Å². The predicted molar refractivity (Wildman–Crippen MR) is 75.4 cm³/mol. The fourth-order valence-electron chi connectivity index (χ4n) is 1.41. The third-order valence-corrected chi connectivity index (χ3v) is 3.31.